The van der Waals surface area contributed by atoms with Crippen molar-refractivity contribution in [2.45, 2.75) is 27.2 Å². The molecule has 0 unspecified atom stereocenters. The van der Waals surface area contributed by atoms with Crippen LogP contribution in [0.3, 0.4) is 0 Å². The summed E-state index contributed by atoms with van der Waals surface area (Å²) in [7, 11) is 0. The van der Waals surface area contributed by atoms with Crippen LogP contribution in [0.2, 0.25) is 0 Å². The number of likely N-dealkylation sites (N-methyl/N-ethyl adjacent to an activating group) is 1. The van der Waals surface area contributed by atoms with E-state index in [9.17, 15) is 4.79 Å². The molecule has 0 fully saturated rings. The van der Waals surface area contributed by atoms with Crippen LogP contribution in [0.4, 0.5) is 11.4 Å². The molecule has 0 saturated carbocycles. The first-order chi connectivity index (χ1) is 10.0. The van der Waals surface area contributed by atoms with Gasteiger partial charge in [-0.1, -0.05) is 18.2 Å². The highest BCUT2D eigenvalue weighted by Crippen LogP contribution is 2.18. The Kier molecular flexibility index (Phi) is 4.63. The monoisotopic (exact) mass is 282 g/mol. The molecule has 3 nitrogen and oxygen atoms in total. The van der Waals surface area contributed by atoms with E-state index >= 15 is 0 Å². The Balaban J connectivity index is 2.16. The number of nitrogens with two attached hydrogens (primary N) is 1. The van der Waals surface area contributed by atoms with Crippen molar-refractivity contribution >= 4 is 17.3 Å². The number of hydrogen-bond donors (Lipinski definition) is 1. The minimum atomic E-state index is 0.102. The zero-order valence-corrected chi connectivity index (χ0v) is 12.9. The molecule has 2 aromatic rings. The van der Waals surface area contributed by atoms with Crippen LogP contribution in [-0.2, 0) is 11.2 Å². The number of nitrogen functional groups attached to an aromatic ring is 1. The van der Waals surface area contributed by atoms with Crippen molar-refractivity contribution in [3.63, 3.8) is 0 Å². The van der Waals surface area contributed by atoms with Gasteiger partial charge in [-0.25, -0.2) is 0 Å². The summed E-state index contributed by atoms with van der Waals surface area (Å²) in [5, 5.41) is 0. The standard InChI is InChI=1S/C18H22N2O/c1-4-20(17-9-7-16(19)8-10-17)18(21)12-15-6-5-13(2)14(3)11-15/h5-11H,4,12,19H2,1-3H3. The highest BCUT2D eigenvalue weighted by Gasteiger charge is 2.14. The van der Waals surface area contributed by atoms with Crippen LogP contribution in [0.1, 0.15) is 23.6 Å². The third-order valence-corrected chi connectivity index (χ3v) is 3.75. The molecule has 0 aliphatic heterocycles. The first-order valence-corrected chi connectivity index (χ1v) is 7.23. The molecule has 0 heterocycles. The minimum absolute atomic E-state index is 0.102. The van der Waals surface area contributed by atoms with E-state index in [0.29, 0.717) is 18.7 Å². The molecule has 110 valence electrons. The summed E-state index contributed by atoms with van der Waals surface area (Å²) < 4.78 is 0. The van der Waals surface area contributed by atoms with Crippen LogP contribution in [-0.4, -0.2) is 12.5 Å². The van der Waals surface area contributed by atoms with Gasteiger partial charge in [0.05, 0.1) is 6.42 Å². The van der Waals surface area contributed by atoms with Gasteiger partial charge >= 0.3 is 0 Å². The average Bonchev–Trinajstić information content (AvgIpc) is 2.46. The van der Waals surface area contributed by atoms with E-state index < -0.39 is 0 Å². The van der Waals surface area contributed by atoms with Crippen LogP contribution < -0.4 is 10.6 Å². The van der Waals surface area contributed by atoms with Crippen molar-refractivity contribution in [1.29, 1.82) is 0 Å². The van der Waals surface area contributed by atoms with Gasteiger partial charge in [0.15, 0.2) is 0 Å². The Bertz CT molecular complexity index is 632. The van der Waals surface area contributed by atoms with Crippen molar-refractivity contribution in [1.82, 2.24) is 0 Å². The van der Waals surface area contributed by atoms with Gasteiger partial charge in [-0.05, 0) is 61.7 Å². The fraction of sp³-hybridized carbons (Fsp3) is 0.278. The lowest BCUT2D eigenvalue weighted by atomic mass is 10.0. The molecule has 0 aliphatic carbocycles. The van der Waals surface area contributed by atoms with E-state index in [2.05, 4.69) is 26.0 Å². The van der Waals surface area contributed by atoms with E-state index in [4.69, 9.17) is 5.73 Å². The molecule has 0 aromatic heterocycles. The molecule has 1 amide bonds. The van der Waals surface area contributed by atoms with Gasteiger partial charge in [0.2, 0.25) is 5.91 Å². The number of carbonyl (C=O) groups excluding carboxylic acids is 1. The quantitative estimate of drug-likeness (QED) is 0.873. The van der Waals surface area contributed by atoms with Gasteiger partial charge in [-0.3, -0.25) is 4.79 Å². The average molecular weight is 282 g/mol. The van der Waals surface area contributed by atoms with Crippen molar-refractivity contribution in [2.75, 3.05) is 17.2 Å². The normalized spacial score (nSPS) is 10.4. The molecule has 0 radical (unpaired) electrons. The zero-order valence-electron chi connectivity index (χ0n) is 12.9. The SMILES string of the molecule is CCN(C(=O)Cc1ccc(C)c(C)c1)c1ccc(N)cc1. The number of benzene rings is 2. The maximum Gasteiger partial charge on any atom is 0.231 e. The molecule has 0 bridgehead atoms. The number of hydrogen-bond acceptors (Lipinski definition) is 2. The maximum absolute atomic E-state index is 12.5. The Morgan fingerprint density at radius 3 is 2.29 bits per heavy atom. The minimum Gasteiger partial charge on any atom is -0.399 e. The van der Waals surface area contributed by atoms with Crippen molar-refractivity contribution in [3.05, 3.63) is 59.2 Å². The highest BCUT2D eigenvalue weighted by atomic mass is 16.2. The van der Waals surface area contributed by atoms with Gasteiger partial charge in [-0.15, -0.1) is 0 Å². The van der Waals surface area contributed by atoms with E-state index in [1.807, 2.05) is 37.3 Å². The van der Waals surface area contributed by atoms with Crippen LogP contribution in [0, 0.1) is 13.8 Å². The summed E-state index contributed by atoms with van der Waals surface area (Å²) >= 11 is 0. The highest BCUT2D eigenvalue weighted by molar-refractivity contribution is 5.94. The second kappa shape index (κ2) is 6.44. The Morgan fingerprint density at radius 2 is 1.71 bits per heavy atom. The molecule has 0 atom stereocenters. The van der Waals surface area contributed by atoms with Crippen molar-refractivity contribution in [3.8, 4) is 0 Å². The molecule has 3 heteroatoms. The maximum atomic E-state index is 12.5. The van der Waals surface area contributed by atoms with Crippen molar-refractivity contribution in [2.24, 2.45) is 0 Å². The Hall–Kier alpha value is -2.29. The zero-order chi connectivity index (χ0) is 15.4. The largest absolute Gasteiger partial charge is 0.399 e. The lowest BCUT2D eigenvalue weighted by Gasteiger charge is -2.21. The third-order valence-electron chi connectivity index (χ3n) is 3.75. The second-order valence-corrected chi connectivity index (χ2v) is 5.32. The molecular weight excluding hydrogens is 260 g/mol. The Labute approximate surface area is 126 Å². The molecule has 2 N–H and O–H groups in total. The number of amides is 1. The molecule has 0 spiro atoms. The predicted octanol–water partition coefficient (Wildman–Crippen LogP) is 3.48. The molecule has 2 rings (SSSR count). The number of aryl methyl sites for hydroxylation is 2. The summed E-state index contributed by atoms with van der Waals surface area (Å²) in [5.74, 6) is 0.102. The Morgan fingerprint density at radius 1 is 1.05 bits per heavy atom. The van der Waals surface area contributed by atoms with Crippen molar-refractivity contribution < 1.29 is 4.79 Å². The summed E-state index contributed by atoms with van der Waals surface area (Å²) in [6.45, 7) is 6.77. The molecule has 0 saturated heterocycles. The lowest BCUT2D eigenvalue weighted by Crippen LogP contribution is -2.32. The van der Waals surface area contributed by atoms with Gasteiger partial charge < -0.3 is 10.6 Å². The van der Waals surface area contributed by atoms with E-state index in [-0.39, 0.29) is 5.91 Å². The lowest BCUT2D eigenvalue weighted by molar-refractivity contribution is -0.117. The summed E-state index contributed by atoms with van der Waals surface area (Å²) in [4.78, 5) is 14.3. The van der Waals surface area contributed by atoms with E-state index in [1.165, 1.54) is 11.1 Å². The number of nitrogens with zero attached hydrogens (tertiary/aromatic N) is 1. The topological polar surface area (TPSA) is 46.3 Å². The summed E-state index contributed by atoms with van der Waals surface area (Å²) in [6.07, 6.45) is 0.416. The van der Waals surface area contributed by atoms with Crippen LogP contribution in [0.25, 0.3) is 0 Å². The summed E-state index contributed by atoms with van der Waals surface area (Å²) in [5.41, 5.74) is 10.8. The molecule has 21 heavy (non-hydrogen) atoms. The van der Waals surface area contributed by atoms with Gasteiger partial charge in [-0.2, -0.15) is 0 Å². The summed E-state index contributed by atoms with van der Waals surface area (Å²) in [6, 6.07) is 13.6. The van der Waals surface area contributed by atoms with Gasteiger partial charge in [0.25, 0.3) is 0 Å². The van der Waals surface area contributed by atoms with E-state index in [1.54, 1.807) is 4.90 Å². The number of anilines is 2. The van der Waals surface area contributed by atoms with E-state index in [0.717, 1.165) is 11.3 Å². The number of carbonyl (C=O) groups is 1. The van der Waals surface area contributed by atoms with Crippen LogP contribution in [0.15, 0.2) is 42.5 Å². The van der Waals surface area contributed by atoms with Crippen LogP contribution >= 0.6 is 0 Å². The fourth-order valence-corrected chi connectivity index (χ4v) is 2.34. The van der Waals surface area contributed by atoms with Gasteiger partial charge in [0.1, 0.15) is 0 Å². The third kappa shape index (κ3) is 3.63. The molecule has 2 aromatic carbocycles. The number of rotatable bonds is 4. The fourth-order valence-electron chi connectivity index (χ4n) is 2.34. The molecule has 0 aliphatic rings. The first-order valence-electron chi connectivity index (χ1n) is 7.23. The predicted molar refractivity (Wildman–Crippen MR) is 88.5 cm³/mol. The second-order valence-electron chi connectivity index (χ2n) is 5.32. The van der Waals surface area contributed by atoms with Crippen LogP contribution in [0.5, 0.6) is 0 Å². The van der Waals surface area contributed by atoms with Gasteiger partial charge in [0, 0.05) is 17.9 Å². The molecular formula is C18H22N2O. The smallest absolute Gasteiger partial charge is 0.231 e. The first kappa shape index (κ1) is 15.1.